The van der Waals surface area contributed by atoms with Gasteiger partial charge < -0.3 is 5.11 Å². The largest absolute Gasteiger partial charge is 0.508 e. The third kappa shape index (κ3) is 3.94. The lowest BCUT2D eigenvalue weighted by Crippen LogP contribution is -1.78. The van der Waals surface area contributed by atoms with Gasteiger partial charge in [0.05, 0.1) is 5.52 Å². The number of fused-ring (bicyclic) bond motifs is 1. The minimum absolute atomic E-state index is 0.233. The molecular weight excluding hydrogens is 188 g/mol. The van der Waals surface area contributed by atoms with Crippen LogP contribution in [0.4, 0.5) is 0 Å². The van der Waals surface area contributed by atoms with Crippen molar-refractivity contribution < 1.29 is 5.11 Å². The van der Waals surface area contributed by atoms with Crippen molar-refractivity contribution in [1.82, 2.24) is 9.97 Å². The van der Waals surface area contributed by atoms with Gasteiger partial charge in [0.1, 0.15) is 12.1 Å². The molecule has 0 radical (unpaired) electrons. The number of rotatable bonds is 0. The van der Waals surface area contributed by atoms with Gasteiger partial charge in [-0.2, -0.15) is 0 Å². The van der Waals surface area contributed by atoms with Crippen molar-refractivity contribution in [3.63, 3.8) is 0 Å². The maximum absolute atomic E-state index is 9.07. The molecule has 82 valence electrons. The number of phenolic OH excluding ortho intramolecular Hbond substituents is 1. The molecular formula is C12H18N2O. The molecule has 1 N–H and O–H groups in total. The number of hydrogen-bond acceptors (Lipinski definition) is 3. The summed E-state index contributed by atoms with van der Waals surface area (Å²) in [6.45, 7) is 8.00. The lowest BCUT2D eigenvalue weighted by molar-refractivity contribution is 0.476. The van der Waals surface area contributed by atoms with Crippen molar-refractivity contribution in [2.45, 2.75) is 27.7 Å². The van der Waals surface area contributed by atoms with Crippen molar-refractivity contribution in [2.75, 3.05) is 0 Å². The van der Waals surface area contributed by atoms with Crippen molar-refractivity contribution in [3.05, 3.63) is 30.7 Å². The molecule has 1 aromatic heterocycles. The van der Waals surface area contributed by atoms with E-state index in [2.05, 4.69) is 9.97 Å². The summed E-state index contributed by atoms with van der Waals surface area (Å²) in [5, 5.41) is 10.0. The standard InChI is InChI=1S/C8H6N2O.2C2H6/c11-7-2-1-6-4-9-5-10-8(6)3-7;2*1-2/h1-5,11H;2*1-2H3. The van der Waals surface area contributed by atoms with Crippen molar-refractivity contribution in [2.24, 2.45) is 0 Å². The third-order valence-corrected chi connectivity index (χ3v) is 1.49. The Balaban J connectivity index is 0.000000442. The van der Waals surface area contributed by atoms with E-state index in [9.17, 15) is 0 Å². The van der Waals surface area contributed by atoms with E-state index in [1.165, 1.54) is 6.33 Å². The number of aromatic hydroxyl groups is 1. The molecule has 0 saturated carbocycles. The molecule has 0 aliphatic heterocycles. The Bertz CT molecular complexity index is 388. The molecule has 15 heavy (non-hydrogen) atoms. The van der Waals surface area contributed by atoms with Crippen LogP contribution in [0.25, 0.3) is 10.9 Å². The van der Waals surface area contributed by atoms with E-state index in [1.807, 2.05) is 27.7 Å². The Morgan fingerprint density at radius 2 is 1.73 bits per heavy atom. The van der Waals surface area contributed by atoms with E-state index in [0.29, 0.717) is 0 Å². The first kappa shape index (κ1) is 13.4. The lowest BCUT2D eigenvalue weighted by atomic mass is 10.2. The Morgan fingerprint density at radius 1 is 1.07 bits per heavy atom. The maximum Gasteiger partial charge on any atom is 0.117 e. The van der Waals surface area contributed by atoms with Crippen LogP contribution < -0.4 is 0 Å². The monoisotopic (exact) mass is 206 g/mol. The van der Waals surface area contributed by atoms with Gasteiger partial charge in [-0.3, -0.25) is 0 Å². The Morgan fingerprint density at radius 3 is 2.40 bits per heavy atom. The average molecular weight is 206 g/mol. The second kappa shape index (κ2) is 7.74. The van der Waals surface area contributed by atoms with Crippen LogP contribution in [0, 0.1) is 0 Å². The van der Waals surface area contributed by atoms with Crippen LogP contribution in [0.2, 0.25) is 0 Å². The van der Waals surface area contributed by atoms with E-state index in [-0.39, 0.29) is 5.75 Å². The summed E-state index contributed by atoms with van der Waals surface area (Å²) in [5.41, 5.74) is 0.764. The summed E-state index contributed by atoms with van der Waals surface area (Å²) in [7, 11) is 0. The highest BCUT2D eigenvalue weighted by Gasteiger charge is 1.93. The molecule has 0 bridgehead atoms. The van der Waals surface area contributed by atoms with Gasteiger partial charge >= 0.3 is 0 Å². The van der Waals surface area contributed by atoms with E-state index in [1.54, 1.807) is 24.4 Å². The number of hydrogen-bond donors (Lipinski definition) is 1. The van der Waals surface area contributed by atoms with Gasteiger partial charge in [0, 0.05) is 17.6 Å². The van der Waals surface area contributed by atoms with E-state index >= 15 is 0 Å². The predicted molar refractivity (Wildman–Crippen MR) is 63.9 cm³/mol. The second-order valence-electron chi connectivity index (χ2n) is 2.27. The maximum atomic E-state index is 9.07. The van der Waals surface area contributed by atoms with Crippen molar-refractivity contribution in [3.8, 4) is 5.75 Å². The highest BCUT2D eigenvalue weighted by molar-refractivity contribution is 5.78. The van der Waals surface area contributed by atoms with E-state index in [4.69, 9.17) is 5.11 Å². The molecule has 2 aromatic rings. The predicted octanol–water partition coefficient (Wildman–Crippen LogP) is 3.39. The summed E-state index contributed by atoms with van der Waals surface area (Å²) in [4.78, 5) is 7.82. The fraction of sp³-hybridized carbons (Fsp3) is 0.333. The van der Waals surface area contributed by atoms with Crippen LogP contribution in [0.1, 0.15) is 27.7 Å². The number of aromatic nitrogens is 2. The van der Waals surface area contributed by atoms with E-state index in [0.717, 1.165) is 10.9 Å². The van der Waals surface area contributed by atoms with Gasteiger partial charge in [-0.15, -0.1) is 0 Å². The minimum Gasteiger partial charge on any atom is -0.508 e. The van der Waals surface area contributed by atoms with Crippen LogP contribution in [0.3, 0.4) is 0 Å². The molecule has 0 spiro atoms. The van der Waals surface area contributed by atoms with Crippen LogP contribution in [0.5, 0.6) is 5.75 Å². The molecule has 1 aromatic carbocycles. The molecule has 0 atom stereocenters. The molecule has 0 fully saturated rings. The van der Waals surface area contributed by atoms with Gasteiger partial charge in [-0.25, -0.2) is 9.97 Å². The Kier molecular flexibility index (Phi) is 6.89. The zero-order valence-corrected chi connectivity index (χ0v) is 9.73. The highest BCUT2D eigenvalue weighted by atomic mass is 16.3. The van der Waals surface area contributed by atoms with Crippen LogP contribution in [0.15, 0.2) is 30.7 Å². The summed E-state index contributed by atoms with van der Waals surface area (Å²) in [5.74, 6) is 0.233. The van der Waals surface area contributed by atoms with Gasteiger partial charge in [-0.05, 0) is 12.1 Å². The number of benzene rings is 1. The SMILES string of the molecule is CC.CC.Oc1ccc2cncnc2c1. The normalized spacial score (nSPS) is 8.27. The van der Waals surface area contributed by atoms with E-state index < -0.39 is 0 Å². The summed E-state index contributed by atoms with van der Waals surface area (Å²) in [6, 6.07) is 5.01. The molecule has 0 aliphatic carbocycles. The van der Waals surface area contributed by atoms with Gasteiger partial charge in [-0.1, -0.05) is 27.7 Å². The molecule has 3 nitrogen and oxygen atoms in total. The molecule has 0 unspecified atom stereocenters. The molecule has 0 amide bonds. The van der Waals surface area contributed by atoms with Crippen LogP contribution in [-0.4, -0.2) is 15.1 Å². The minimum atomic E-state index is 0.233. The number of phenols is 1. The van der Waals surface area contributed by atoms with Crippen molar-refractivity contribution >= 4 is 10.9 Å². The average Bonchev–Trinajstić information content (AvgIpc) is 2.34. The first-order chi connectivity index (χ1) is 7.36. The first-order valence-corrected chi connectivity index (χ1v) is 5.25. The van der Waals surface area contributed by atoms with Crippen LogP contribution >= 0.6 is 0 Å². The van der Waals surface area contributed by atoms with Gasteiger partial charge in [0.15, 0.2) is 0 Å². The molecule has 3 heteroatoms. The van der Waals surface area contributed by atoms with Crippen molar-refractivity contribution in [1.29, 1.82) is 0 Å². The first-order valence-electron chi connectivity index (χ1n) is 5.25. The smallest absolute Gasteiger partial charge is 0.117 e. The van der Waals surface area contributed by atoms with Gasteiger partial charge in [0.25, 0.3) is 0 Å². The summed E-state index contributed by atoms with van der Waals surface area (Å²) in [6.07, 6.45) is 3.17. The fourth-order valence-electron chi connectivity index (χ4n) is 0.962. The zero-order chi connectivity index (χ0) is 11.7. The Hall–Kier alpha value is -1.64. The second-order valence-corrected chi connectivity index (χ2v) is 2.27. The number of nitrogens with zero attached hydrogens (tertiary/aromatic N) is 2. The van der Waals surface area contributed by atoms with Crippen LogP contribution in [-0.2, 0) is 0 Å². The Labute approximate surface area is 90.8 Å². The fourth-order valence-corrected chi connectivity index (χ4v) is 0.962. The molecule has 2 rings (SSSR count). The summed E-state index contributed by atoms with van der Waals surface area (Å²) < 4.78 is 0. The zero-order valence-electron chi connectivity index (χ0n) is 9.73. The topological polar surface area (TPSA) is 46.0 Å². The van der Waals surface area contributed by atoms with Gasteiger partial charge in [0.2, 0.25) is 0 Å². The molecule has 0 saturated heterocycles. The summed E-state index contributed by atoms with van der Waals surface area (Å²) >= 11 is 0. The molecule has 0 aliphatic rings. The quantitative estimate of drug-likeness (QED) is 0.718. The molecule has 1 heterocycles. The highest BCUT2D eigenvalue weighted by Crippen LogP contribution is 2.15. The lowest BCUT2D eigenvalue weighted by Gasteiger charge is -1.94. The third-order valence-electron chi connectivity index (χ3n) is 1.49.